The number of aliphatic hydroxyl groups is 1. The highest BCUT2D eigenvalue weighted by atomic mass is 79.9. The summed E-state index contributed by atoms with van der Waals surface area (Å²) in [5.74, 6) is -1.77. The summed E-state index contributed by atoms with van der Waals surface area (Å²) in [6, 6.07) is 6.69. The number of hydrogen-bond donors (Lipinski definition) is 3. The first-order valence-electron chi connectivity index (χ1n) is 5.30. The van der Waals surface area contributed by atoms with Gasteiger partial charge in [-0.15, -0.1) is 0 Å². The van der Waals surface area contributed by atoms with E-state index in [1.165, 1.54) is 0 Å². The van der Waals surface area contributed by atoms with E-state index >= 15 is 0 Å². The maximum Gasteiger partial charge on any atom is 0.336 e. The van der Waals surface area contributed by atoms with E-state index in [0.717, 1.165) is 11.4 Å². The SMILES string of the molecule is CC(O)(CNS(=O)(=O)Cc1ccc(Br)cc1)C(=O)O. The summed E-state index contributed by atoms with van der Waals surface area (Å²) in [4.78, 5) is 10.6. The molecule has 0 fully saturated rings. The highest BCUT2D eigenvalue weighted by molar-refractivity contribution is 9.10. The standard InChI is InChI=1S/C11H14BrNO5S/c1-11(16,10(14)15)7-13-19(17,18)6-8-2-4-9(12)5-3-8/h2-5,13,16H,6-7H2,1H3,(H,14,15). The monoisotopic (exact) mass is 351 g/mol. The van der Waals surface area contributed by atoms with Crippen LogP contribution in [0.2, 0.25) is 0 Å². The summed E-state index contributed by atoms with van der Waals surface area (Å²) < 4.78 is 26.4. The molecule has 1 unspecified atom stereocenters. The Kier molecular flexibility index (Phi) is 5.08. The van der Waals surface area contributed by atoms with Gasteiger partial charge in [-0.05, 0) is 24.6 Å². The molecule has 0 amide bonds. The smallest absolute Gasteiger partial charge is 0.336 e. The molecule has 0 saturated heterocycles. The van der Waals surface area contributed by atoms with Crippen LogP contribution < -0.4 is 4.72 Å². The number of carboxylic acids is 1. The predicted octanol–water partition coefficient (Wildman–Crippen LogP) is 0.704. The average molecular weight is 352 g/mol. The zero-order valence-corrected chi connectivity index (χ0v) is 12.5. The molecule has 0 bridgehead atoms. The molecule has 0 aliphatic heterocycles. The molecule has 1 atom stereocenters. The Labute approximate surface area is 119 Å². The minimum Gasteiger partial charge on any atom is -0.479 e. The van der Waals surface area contributed by atoms with Crippen LogP contribution in [0.1, 0.15) is 12.5 Å². The van der Waals surface area contributed by atoms with Gasteiger partial charge in [-0.25, -0.2) is 17.9 Å². The Morgan fingerprint density at radius 3 is 2.37 bits per heavy atom. The number of carbonyl (C=O) groups is 1. The van der Waals surface area contributed by atoms with Crippen LogP contribution in [0.25, 0.3) is 0 Å². The van der Waals surface area contributed by atoms with E-state index in [4.69, 9.17) is 5.11 Å². The molecule has 106 valence electrons. The fourth-order valence-electron chi connectivity index (χ4n) is 1.18. The average Bonchev–Trinajstić information content (AvgIpc) is 2.30. The summed E-state index contributed by atoms with van der Waals surface area (Å²) in [7, 11) is -3.70. The van der Waals surface area contributed by atoms with E-state index in [1.54, 1.807) is 24.3 Å². The molecule has 0 spiro atoms. The predicted molar refractivity (Wildman–Crippen MR) is 73.0 cm³/mol. The van der Waals surface area contributed by atoms with Gasteiger partial charge in [0.05, 0.1) is 5.75 Å². The van der Waals surface area contributed by atoms with Gasteiger partial charge in [-0.2, -0.15) is 0 Å². The molecule has 1 aromatic carbocycles. The normalized spacial score (nSPS) is 14.9. The second-order valence-corrected chi connectivity index (χ2v) is 7.01. The van der Waals surface area contributed by atoms with Crippen molar-refractivity contribution < 1.29 is 23.4 Å². The molecule has 6 nitrogen and oxygen atoms in total. The fourth-order valence-corrected chi connectivity index (χ4v) is 2.68. The van der Waals surface area contributed by atoms with E-state index in [2.05, 4.69) is 20.7 Å². The lowest BCUT2D eigenvalue weighted by Crippen LogP contribution is -2.46. The number of halogens is 1. The highest BCUT2D eigenvalue weighted by Crippen LogP contribution is 2.12. The van der Waals surface area contributed by atoms with Gasteiger partial charge in [0, 0.05) is 11.0 Å². The van der Waals surface area contributed by atoms with E-state index in [-0.39, 0.29) is 5.75 Å². The third kappa shape index (κ3) is 5.27. The third-order valence-electron chi connectivity index (χ3n) is 2.37. The zero-order chi connectivity index (χ0) is 14.7. The number of benzene rings is 1. The van der Waals surface area contributed by atoms with Crippen molar-refractivity contribution in [2.75, 3.05) is 6.54 Å². The molecule has 0 radical (unpaired) electrons. The second-order valence-electron chi connectivity index (χ2n) is 4.29. The summed E-state index contributed by atoms with van der Waals surface area (Å²) >= 11 is 3.23. The topological polar surface area (TPSA) is 104 Å². The van der Waals surface area contributed by atoms with Crippen molar-refractivity contribution in [2.45, 2.75) is 18.3 Å². The van der Waals surface area contributed by atoms with Crippen molar-refractivity contribution in [3.05, 3.63) is 34.3 Å². The van der Waals surface area contributed by atoms with Gasteiger partial charge >= 0.3 is 5.97 Å². The lowest BCUT2D eigenvalue weighted by Gasteiger charge is -2.18. The molecule has 0 aliphatic carbocycles. The van der Waals surface area contributed by atoms with Gasteiger partial charge in [-0.1, -0.05) is 28.1 Å². The fraction of sp³-hybridized carbons (Fsp3) is 0.364. The quantitative estimate of drug-likeness (QED) is 0.699. The first-order chi connectivity index (χ1) is 8.62. The van der Waals surface area contributed by atoms with Crippen molar-refractivity contribution in [1.82, 2.24) is 4.72 Å². The Morgan fingerprint density at radius 1 is 1.37 bits per heavy atom. The lowest BCUT2D eigenvalue weighted by atomic mass is 10.1. The molecule has 8 heteroatoms. The van der Waals surface area contributed by atoms with Crippen LogP contribution in [0, 0.1) is 0 Å². The Balaban J connectivity index is 2.67. The van der Waals surface area contributed by atoms with E-state index in [0.29, 0.717) is 5.56 Å². The summed E-state index contributed by atoms with van der Waals surface area (Å²) in [5.41, 5.74) is -1.57. The van der Waals surface area contributed by atoms with Gasteiger partial charge in [0.2, 0.25) is 10.0 Å². The lowest BCUT2D eigenvalue weighted by molar-refractivity contribution is -0.155. The van der Waals surface area contributed by atoms with Crippen LogP contribution in [0.5, 0.6) is 0 Å². The van der Waals surface area contributed by atoms with Crippen molar-refractivity contribution in [3.8, 4) is 0 Å². The number of aliphatic carboxylic acids is 1. The van der Waals surface area contributed by atoms with Crippen molar-refractivity contribution >= 4 is 31.9 Å². The number of hydrogen-bond acceptors (Lipinski definition) is 4. The first kappa shape index (κ1) is 16.1. The van der Waals surface area contributed by atoms with Gasteiger partial charge in [0.25, 0.3) is 0 Å². The van der Waals surface area contributed by atoms with Crippen LogP contribution in [0.3, 0.4) is 0 Å². The van der Waals surface area contributed by atoms with E-state index < -0.39 is 28.1 Å². The van der Waals surface area contributed by atoms with Gasteiger partial charge in [0.15, 0.2) is 5.60 Å². The molecule has 0 heterocycles. The van der Waals surface area contributed by atoms with Gasteiger partial charge < -0.3 is 10.2 Å². The van der Waals surface area contributed by atoms with Crippen LogP contribution >= 0.6 is 15.9 Å². The second kappa shape index (κ2) is 6.00. The summed E-state index contributed by atoms with van der Waals surface area (Å²) in [6.45, 7) is 0.443. The molecule has 0 aromatic heterocycles. The van der Waals surface area contributed by atoms with Crippen molar-refractivity contribution in [2.24, 2.45) is 0 Å². The molecule has 0 aliphatic rings. The highest BCUT2D eigenvalue weighted by Gasteiger charge is 2.31. The Bertz CT molecular complexity index is 553. The molecule has 0 saturated carbocycles. The molecule has 1 aromatic rings. The molecular weight excluding hydrogens is 338 g/mol. The third-order valence-corrected chi connectivity index (χ3v) is 4.19. The van der Waals surface area contributed by atoms with Gasteiger partial charge in [-0.3, -0.25) is 0 Å². The maximum atomic E-state index is 11.7. The van der Waals surface area contributed by atoms with Crippen LogP contribution in [0.15, 0.2) is 28.7 Å². The van der Waals surface area contributed by atoms with E-state index in [9.17, 15) is 18.3 Å². The number of carboxylic acid groups (broad SMARTS) is 1. The van der Waals surface area contributed by atoms with E-state index in [1.807, 2.05) is 0 Å². The number of rotatable bonds is 6. The van der Waals surface area contributed by atoms with Crippen LogP contribution in [-0.2, 0) is 20.6 Å². The number of sulfonamides is 1. The minimum atomic E-state index is -3.70. The Hall–Kier alpha value is -0.960. The maximum absolute atomic E-state index is 11.7. The molecule has 3 N–H and O–H groups in total. The Morgan fingerprint density at radius 2 is 1.89 bits per heavy atom. The number of nitrogens with one attached hydrogen (secondary N) is 1. The van der Waals surface area contributed by atoms with Crippen molar-refractivity contribution in [1.29, 1.82) is 0 Å². The minimum absolute atomic E-state index is 0.282. The molecule has 1 rings (SSSR count). The van der Waals surface area contributed by atoms with Crippen LogP contribution in [-0.4, -0.2) is 36.7 Å². The zero-order valence-electron chi connectivity index (χ0n) is 10.1. The van der Waals surface area contributed by atoms with Crippen LogP contribution in [0.4, 0.5) is 0 Å². The first-order valence-corrected chi connectivity index (χ1v) is 7.74. The largest absolute Gasteiger partial charge is 0.479 e. The summed E-state index contributed by atoms with van der Waals surface area (Å²) in [6.07, 6.45) is 0. The summed E-state index contributed by atoms with van der Waals surface area (Å²) in [5, 5.41) is 18.1. The van der Waals surface area contributed by atoms with Gasteiger partial charge in [0.1, 0.15) is 0 Å². The molecular formula is C11H14BrNO5S. The van der Waals surface area contributed by atoms with Crippen molar-refractivity contribution in [3.63, 3.8) is 0 Å². The molecule has 19 heavy (non-hydrogen) atoms.